The first-order valence-electron chi connectivity index (χ1n) is 4.68. The second-order valence-corrected chi connectivity index (χ2v) is 4.39. The van der Waals surface area contributed by atoms with Crippen molar-refractivity contribution in [3.63, 3.8) is 0 Å². The van der Waals surface area contributed by atoms with Crippen LogP contribution in [-0.4, -0.2) is 18.1 Å². The zero-order valence-corrected chi connectivity index (χ0v) is 9.85. The Morgan fingerprint density at radius 3 is 2.72 bits per heavy atom. The van der Waals surface area contributed by atoms with Crippen molar-refractivity contribution in [1.29, 1.82) is 0 Å². The normalized spacial score (nSPS) is 11.8. The molecule has 2 heterocycles. The predicted molar refractivity (Wildman–Crippen MR) is 60.4 cm³/mol. The second kappa shape index (κ2) is 4.13. The number of halogens is 3. The lowest BCUT2D eigenvalue weighted by Crippen LogP contribution is -2.05. The zero-order chi connectivity index (χ0) is 13.5. The average molecular weight is 276 g/mol. The molecule has 0 radical (unpaired) electrons. The Morgan fingerprint density at radius 2 is 2.17 bits per heavy atom. The van der Waals surface area contributed by atoms with Gasteiger partial charge in [-0.2, -0.15) is 13.2 Å². The standard InChI is InChI=1S/C10H7F3N2O2S/c1-17-9(16)8-5(14)6-7(18-8)4(2-3-15-6)10(11,12)13/h2-3H,14H2,1H3. The average Bonchev–Trinajstić information content (AvgIpc) is 2.65. The molecule has 18 heavy (non-hydrogen) atoms. The molecule has 2 aromatic heterocycles. The van der Waals surface area contributed by atoms with Gasteiger partial charge in [0.1, 0.15) is 10.4 Å². The van der Waals surface area contributed by atoms with Crippen LogP contribution in [0.3, 0.4) is 0 Å². The number of pyridine rings is 1. The van der Waals surface area contributed by atoms with Crippen LogP contribution in [0.4, 0.5) is 18.9 Å². The number of rotatable bonds is 1. The van der Waals surface area contributed by atoms with Gasteiger partial charge in [0.05, 0.1) is 23.1 Å². The number of hydrogen-bond donors (Lipinski definition) is 1. The van der Waals surface area contributed by atoms with Gasteiger partial charge in [0.15, 0.2) is 0 Å². The summed E-state index contributed by atoms with van der Waals surface area (Å²) in [7, 11) is 1.13. The van der Waals surface area contributed by atoms with Crippen molar-refractivity contribution in [2.75, 3.05) is 12.8 Å². The Bertz CT molecular complexity index is 621. The van der Waals surface area contributed by atoms with E-state index in [1.807, 2.05) is 0 Å². The smallest absolute Gasteiger partial charge is 0.417 e. The third-order valence-corrected chi connectivity index (χ3v) is 3.49. The van der Waals surface area contributed by atoms with Crippen LogP contribution in [0.15, 0.2) is 12.3 Å². The van der Waals surface area contributed by atoms with Gasteiger partial charge in [-0.1, -0.05) is 0 Å². The Balaban J connectivity index is 2.76. The molecule has 0 amide bonds. The summed E-state index contributed by atoms with van der Waals surface area (Å²) in [5, 5.41) is 0. The number of nitrogens with two attached hydrogens (primary N) is 1. The van der Waals surface area contributed by atoms with Gasteiger partial charge in [-0.25, -0.2) is 4.79 Å². The van der Waals surface area contributed by atoms with Crippen LogP contribution < -0.4 is 5.73 Å². The Kier molecular flexibility index (Phi) is 2.89. The van der Waals surface area contributed by atoms with E-state index < -0.39 is 17.7 Å². The van der Waals surface area contributed by atoms with Crippen molar-refractivity contribution in [3.05, 3.63) is 22.7 Å². The van der Waals surface area contributed by atoms with Crippen molar-refractivity contribution in [3.8, 4) is 0 Å². The van der Waals surface area contributed by atoms with Crippen LogP contribution in [0.2, 0.25) is 0 Å². The third-order valence-electron chi connectivity index (χ3n) is 2.28. The number of nitrogen functional groups attached to an aromatic ring is 1. The molecular formula is C10H7F3N2O2S. The molecule has 2 aromatic rings. The SMILES string of the molecule is COC(=O)c1sc2c(C(F)(F)F)ccnc2c1N. The first kappa shape index (κ1) is 12.6. The fourth-order valence-electron chi connectivity index (χ4n) is 1.48. The Morgan fingerprint density at radius 1 is 1.50 bits per heavy atom. The van der Waals surface area contributed by atoms with E-state index in [2.05, 4.69) is 9.72 Å². The van der Waals surface area contributed by atoms with Gasteiger partial charge in [0, 0.05) is 6.20 Å². The number of alkyl halides is 3. The van der Waals surface area contributed by atoms with Crippen molar-refractivity contribution < 1.29 is 22.7 Å². The molecular weight excluding hydrogens is 269 g/mol. The molecule has 0 unspecified atom stereocenters. The van der Waals surface area contributed by atoms with Gasteiger partial charge in [-0.3, -0.25) is 4.98 Å². The molecule has 0 bridgehead atoms. The van der Waals surface area contributed by atoms with E-state index in [4.69, 9.17) is 5.73 Å². The highest BCUT2D eigenvalue weighted by molar-refractivity contribution is 7.21. The molecule has 0 spiro atoms. The number of thiophene rings is 1. The fraction of sp³-hybridized carbons (Fsp3) is 0.200. The van der Waals surface area contributed by atoms with Crippen LogP contribution in [0.5, 0.6) is 0 Å². The van der Waals surface area contributed by atoms with Gasteiger partial charge < -0.3 is 10.5 Å². The maximum Gasteiger partial charge on any atom is 0.417 e. The van der Waals surface area contributed by atoms with Gasteiger partial charge in [-0.15, -0.1) is 11.3 Å². The van der Waals surface area contributed by atoms with E-state index >= 15 is 0 Å². The largest absolute Gasteiger partial charge is 0.465 e. The molecule has 8 heteroatoms. The number of anilines is 1. The number of nitrogens with zero attached hydrogens (tertiary/aromatic N) is 1. The second-order valence-electron chi connectivity index (χ2n) is 3.37. The number of hydrogen-bond acceptors (Lipinski definition) is 5. The van der Waals surface area contributed by atoms with E-state index in [1.165, 1.54) is 0 Å². The molecule has 0 aliphatic carbocycles. The minimum absolute atomic E-state index is 0.0322. The Labute approximate surface area is 103 Å². The van der Waals surface area contributed by atoms with E-state index in [0.717, 1.165) is 19.4 Å². The molecule has 0 fully saturated rings. The van der Waals surface area contributed by atoms with Gasteiger partial charge in [0.2, 0.25) is 0 Å². The highest BCUT2D eigenvalue weighted by Crippen LogP contribution is 2.41. The van der Waals surface area contributed by atoms with E-state index in [9.17, 15) is 18.0 Å². The summed E-state index contributed by atoms with van der Waals surface area (Å²) in [4.78, 5) is 15.1. The van der Waals surface area contributed by atoms with Crippen molar-refractivity contribution in [1.82, 2.24) is 4.98 Å². The van der Waals surface area contributed by atoms with E-state index in [1.54, 1.807) is 0 Å². The fourth-order valence-corrected chi connectivity index (χ4v) is 2.61. The van der Waals surface area contributed by atoms with Crippen LogP contribution >= 0.6 is 11.3 Å². The molecule has 0 atom stereocenters. The summed E-state index contributed by atoms with van der Waals surface area (Å²) in [5.41, 5.74) is 4.62. The van der Waals surface area contributed by atoms with Crippen LogP contribution in [0, 0.1) is 0 Å². The lowest BCUT2D eigenvalue weighted by molar-refractivity contribution is -0.136. The lowest BCUT2D eigenvalue weighted by Gasteiger charge is -2.06. The Hall–Kier alpha value is -1.83. The van der Waals surface area contributed by atoms with Crippen LogP contribution in [-0.2, 0) is 10.9 Å². The van der Waals surface area contributed by atoms with Crippen LogP contribution in [0.1, 0.15) is 15.2 Å². The summed E-state index contributed by atoms with van der Waals surface area (Å²) in [6, 6.07) is 0.847. The molecule has 2 N–H and O–H groups in total. The van der Waals surface area contributed by atoms with E-state index in [0.29, 0.717) is 11.3 Å². The summed E-state index contributed by atoms with van der Waals surface area (Å²) < 4.78 is 42.6. The van der Waals surface area contributed by atoms with Crippen molar-refractivity contribution in [2.24, 2.45) is 0 Å². The first-order valence-corrected chi connectivity index (χ1v) is 5.50. The quantitative estimate of drug-likeness (QED) is 0.813. The highest BCUT2D eigenvalue weighted by Gasteiger charge is 2.34. The molecule has 2 rings (SSSR count). The number of fused-ring (bicyclic) bond motifs is 1. The summed E-state index contributed by atoms with van der Waals surface area (Å²) in [6.07, 6.45) is -3.51. The summed E-state index contributed by atoms with van der Waals surface area (Å²) >= 11 is 0.628. The molecule has 0 aliphatic rings. The number of methoxy groups -OCH3 is 1. The zero-order valence-electron chi connectivity index (χ0n) is 9.04. The molecule has 0 saturated heterocycles. The summed E-state index contributed by atoms with van der Waals surface area (Å²) in [5.74, 6) is -0.774. The topological polar surface area (TPSA) is 65.2 Å². The minimum atomic E-state index is -4.52. The molecule has 96 valence electrons. The molecule has 4 nitrogen and oxygen atoms in total. The number of aromatic nitrogens is 1. The van der Waals surface area contributed by atoms with Gasteiger partial charge >= 0.3 is 12.1 Å². The van der Waals surface area contributed by atoms with Crippen molar-refractivity contribution in [2.45, 2.75) is 6.18 Å². The maximum atomic E-state index is 12.8. The van der Waals surface area contributed by atoms with Crippen molar-refractivity contribution >= 4 is 33.2 Å². The number of carbonyl (C=O) groups is 1. The van der Waals surface area contributed by atoms with Gasteiger partial charge in [0.25, 0.3) is 0 Å². The first-order chi connectivity index (χ1) is 8.36. The highest BCUT2D eigenvalue weighted by atomic mass is 32.1. The molecule has 0 aliphatic heterocycles. The van der Waals surface area contributed by atoms with E-state index in [-0.39, 0.29) is 20.8 Å². The number of carbonyl (C=O) groups excluding carboxylic acids is 1. The maximum absolute atomic E-state index is 12.8. The monoisotopic (exact) mass is 276 g/mol. The summed E-state index contributed by atoms with van der Waals surface area (Å²) in [6.45, 7) is 0. The lowest BCUT2D eigenvalue weighted by atomic mass is 10.2. The van der Waals surface area contributed by atoms with Gasteiger partial charge in [-0.05, 0) is 6.07 Å². The predicted octanol–water partition coefficient (Wildman–Crippen LogP) is 2.68. The molecule has 0 aromatic carbocycles. The number of ether oxygens (including phenoxy) is 1. The van der Waals surface area contributed by atoms with Crippen LogP contribution in [0.25, 0.3) is 10.2 Å². The number of esters is 1. The molecule has 0 saturated carbocycles. The minimum Gasteiger partial charge on any atom is -0.465 e. The third kappa shape index (κ3) is 1.88.